The number of nitrogens with two attached hydrogens (primary N) is 1. The van der Waals surface area contributed by atoms with E-state index in [1.54, 1.807) is 6.07 Å². The molecule has 0 fully saturated rings. The van der Waals surface area contributed by atoms with Gasteiger partial charge in [-0.2, -0.15) is 13.2 Å². The van der Waals surface area contributed by atoms with Gasteiger partial charge in [0, 0.05) is 13.0 Å². The molecule has 0 saturated heterocycles. The highest BCUT2D eigenvalue weighted by Crippen LogP contribution is 2.29. The van der Waals surface area contributed by atoms with Gasteiger partial charge in [-0.05, 0) is 24.6 Å². The average molecular weight is 275 g/mol. The van der Waals surface area contributed by atoms with Gasteiger partial charge in [0.25, 0.3) is 0 Å². The van der Waals surface area contributed by atoms with E-state index in [0.29, 0.717) is 31.5 Å². The summed E-state index contributed by atoms with van der Waals surface area (Å²) in [4.78, 5) is 0. The largest absolute Gasteiger partial charge is 0.416 e. The minimum absolute atomic E-state index is 0.140. The molecular formula is C12H16F3N3O. The second kappa shape index (κ2) is 6.98. The van der Waals surface area contributed by atoms with Crippen molar-refractivity contribution in [2.45, 2.75) is 25.6 Å². The molecule has 0 saturated carbocycles. The molecule has 0 aliphatic rings. The van der Waals surface area contributed by atoms with Crippen molar-refractivity contribution in [1.82, 2.24) is 5.32 Å². The van der Waals surface area contributed by atoms with Crippen molar-refractivity contribution in [3.63, 3.8) is 0 Å². The van der Waals surface area contributed by atoms with Crippen molar-refractivity contribution in [2.75, 3.05) is 6.54 Å². The molecule has 1 rings (SSSR count). The number of hydrogen-bond acceptors (Lipinski definition) is 3. The van der Waals surface area contributed by atoms with Crippen molar-refractivity contribution >= 4 is 5.84 Å². The summed E-state index contributed by atoms with van der Waals surface area (Å²) in [6, 6.07) is 5.18. The molecule has 0 radical (unpaired) electrons. The van der Waals surface area contributed by atoms with Crippen LogP contribution in [-0.4, -0.2) is 17.6 Å². The summed E-state index contributed by atoms with van der Waals surface area (Å²) in [5, 5.41) is 14.1. The van der Waals surface area contributed by atoms with Gasteiger partial charge >= 0.3 is 6.18 Å². The minimum atomic E-state index is -4.32. The summed E-state index contributed by atoms with van der Waals surface area (Å²) in [5.41, 5.74) is 5.20. The van der Waals surface area contributed by atoms with E-state index in [-0.39, 0.29) is 5.84 Å². The maximum Gasteiger partial charge on any atom is 0.416 e. The van der Waals surface area contributed by atoms with Gasteiger partial charge in [-0.1, -0.05) is 23.4 Å². The second-order valence-corrected chi connectivity index (χ2v) is 4.07. The van der Waals surface area contributed by atoms with Gasteiger partial charge < -0.3 is 16.3 Å². The summed E-state index contributed by atoms with van der Waals surface area (Å²) in [6.45, 7) is 0.923. The second-order valence-electron chi connectivity index (χ2n) is 4.07. The molecule has 7 heteroatoms. The molecule has 1 aromatic carbocycles. The van der Waals surface area contributed by atoms with Crippen LogP contribution in [0.2, 0.25) is 0 Å². The first kappa shape index (κ1) is 15.3. The van der Waals surface area contributed by atoms with Crippen molar-refractivity contribution in [3.05, 3.63) is 35.4 Å². The Balaban J connectivity index is 2.38. The van der Waals surface area contributed by atoms with Crippen LogP contribution in [0, 0.1) is 0 Å². The Bertz CT molecular complexity index is 432. The Hall–Kier alpha value is -1.76. The fraction of sp³-hybridized carbons (Fsp3) is 0.417. The molecule has 0 amide bonds. The number of halogens is 3. The van der Waals surface area contributed by atoms with Crippen LogP contribution in [0.25, 0.3) is 0 Å². The van der Waals surface area contributed by atoms with Crippen molar-refractivity contribution in [1.29, 1.82) is 0 Å². The zero-order chi connectivity index (χ0) is 14.3. The summed E-state index contributed by atoms with van der Waals surface area (Å²) >= 11 is 0. The monoisotopic (exact) mass is 275 g/mol. The van der Waals surface area contributed by atoms with Crippen LogP contribution >= 0.6 is 0 Å². The number of rotatable bonds is 6. The first-order valence-electron chi connectivity index (χ1n) is 5.76. The first-order chi connectivity index (χ1) is 8.93. The zero-order valence-electron chi connectivity index (χ0n) is 10.2. The van der Waals surface area contributed by atoms with Crippen LogP contribution in [0.4, 0.5) is 13.2 Å². The maximum atomic E-state index is 12.5. The lowest BCUT2D eigenvalue weighted by molar-refractivity contribution is -0.137. The van der Waals surface area contributed by atoms with Crippen LogP contribution in [0.15, 0.2) is 29.4 Å². The minimum Gasteiger partial charge on any atom is -0.409 e. The Morgan fingerprint density at radius 1 is 1.37 bits per heavy atom. The molecule has 19 heavy (non-hydrogen) atoms. The highest BCUT2D eigenvalue weighted by molar-refractivity contribution is 5.79. The third-order valence-corrected chi connectivity index (χ3v) is 2.50. The highest BCUT2D eigenvalue weighted by Gasteiger charge is 2.30. The van der Waals surface area contributed by atoms with Crippen LogP contribution in [0.5, 0.6) is 0 Å². The van der Waals surface area contributed by atoms with Crippen molar-refractivity contribution < 1.29 is 18.4 Å². The maximum absolute atomic E-state index is 12.5. The summed E-state index contributed by atoms with van der Waals surface area (Å²) in [7, 11) is 0. The fourth-order valence-electron chi connectivity index (χ4n) is 1.53. The van der Waals surface area contributed by atoms with Gasteiger partial charge in [-0.15, -0.1) is 0 Å². The van der Waals surface area contributed by atoms with Crippen molar-refractivity contribution in [2.24, 2.45) is 10.9 Å². The average Bonchev–Trinajstić information content (AvgIpc) is 2.37. The smallest absolute Gasteiger partial charge is 0.409 e. The number of oxime groups is 1. The lowest BCUT2D eigenvalue weighted by atomic mass is 10.1. The van der Waals surface area contributed by atoms with Gasteiger partial charge in [-0.3, -0.25) is 0 Å². The van der Waals surface area contributed by atoms with E-state index in [9.17, 15) is 13.2 Å². The van der Waals surface area contributed by atoms with E-state index in [0.717, 1.165) is 12.1 Å². The number of amidine groups is 1. The number of nitrogens with zero attached hydrogens (tertiary/aromatic N) is 1. The highest BCUT2D eigenvalue weighted by atomic mass is 19.4. The van der Waals surface area contributed by atoms with E-state index in [1.165, 1.54) is 6.07 Å². The van der Waals surface area contributed by atoms with Crippen LogP contribution in [-0.2, 0) is 12.7 Å². The summed E-state index contributed by atoms with van der Waals surface area (Å²) in [6.07, 6.45) is -3.23. The van der Waals surface area contributed by atoms with Gasteiger partial charge in [0.05, 0.1) is 5.56 Å². The van der Waals surface area contributed by atoms with E-state index in [4.69, 9.17) is 10.9 Å². The quantitative estimate of drug-likeness (QED) is 0.245. The zero-order valence-corrected chi connectivity index (χ0v) is 10.2. The summed E-state index contributed by atoms with van der Waals surface area (Å²) < 4.78 is 37.4. The summed E-state index contributed by atoms with van der Waals surface area (Å²) in [5.74, 6) is 0.140. The van der Waals surface area contributed by atoms with Gasteiger partial charge in [-0.25, -0.2) is 0 Å². The fourth-order valence-corrected chi connectivity index (χ4v) is 1.53. The molecule has 106 valence electrons. The third-order valence-electron chi connectivity index (χ3n) is 2.50. The van der Waals surface area contributed by atoms with Crippen molar-refractivity contribution in [3.8, 4) is 0 Å². The number of hydrogen-bond donors (Lipinski definition) is 3. The molecule has 4 N–H and O–H groups in total. The molecular weight excluding hydrogens is 259 g/mol. The predicted octanol–water partition coefficient (Wildman–Crippen LogP) is 2.32. The molecule has 0 unspecified atom stereocenters. The predicted molar refractivity (Wildman–Crippen MR) is 65.8 cm³/mol. The van der Waals surface area contributed by atoms with Crippen LogP contribution in [0.1, 0.15) is 24.0 Å². The van der Waals surface area contributed by atoms with E-state index < -0.39 is 11.7 Å². The number of alkyl halides is 3. The first-order valence-corrected chi connectivity index (χ1v) is 5.76. The molecule has 4 nitrogen and oxygen atoms in total. The van der Waals surface area contributed by atoms with E-state index in [1.807, 2.05) is 0 Å². The Kier molecular flexibility index (Phi) is 5.62. The molecule has 0 spiro atoms. The molecule has 0 aliphatic carbocycles. The van der Waals surface area contributed by atoms with Gasteiger partial charge in [0.15, 0.2) is 0 Å². The third kappa shape index (κ3) is 5.60. The number of nitrogens with one attached hydrogen (secondary N) is 1. The van der Waals surface area contributed by atoms with Gasteiger partial charge in [0.1, 0.15) is 5.84 Å². The van der Waals surface area contributed by atoms with E-state index in [2.05, 4.69) is 10.5 Å². The Morgan fingerprint density at radius 2 is 2.11 bits per heavy atom. The Morgan fingerprint density at radius 3 is 2.74 bits per heavy atom. The lowest BCUT2D eigenvalue weighted by Crippen LogP contribution is -2.18. The SMILES string of the molecule is NC(CCCNCc1cccc(C(F)(F)F)c1)=NO. The van der Waals surface area contributed by atoms with Gasteiger partial charge in [0.2, 0.25) is 0 Å². The molecule has 0 bridgehead atoms. The normalized spacial score (nSPS) is 12.7. The topological polar surface area (TPSA) is 70.6 Å². The van der Waals surface area contributed by atoms with E-state index >= 15 is 0 Å². The molecule has 0 heterocycles. The molecule has 0 atom stereocenters. The lowest BCUT2D eigenvalue weighted by Gasteiger charge is -2.09. The Labute approximate surface area is 109 Å². The standard InChI is InChI=1S/C12H16F3N3O/c13-12(14,15)10-4-1-3-9(7-10)8-17-6-2-5-11(16)18-19/h1,3-4,7,17,19H,2,5-6,8H2,(H2,16,18). The molecule has 0 aromatic heterocycles. The molecule has 0 aliphatic heterocycles. The van der Waals surface area contributed by atoms with Crippen LogP contribution < -0.4 is 11.1 Å². The molecule has 1 aromatic rings. The van der Waals surface area contributed by atoms with Crippen LogP contribution in [0.3, 0.4) is 0 Å². The number of benzene rings is 1.